The lowest BCUT2D eigenvalue weighted by Crippen LogP contribution is -2.31. The van der Waals surface area contributed by atoms with E-state index in [1.165, 1.54) is 0 Å². The number of nitrogens with zero attached hydrogens (tertiary/aromatic N) is 1. The van der Waals surface area contributed by atoms with E-state index in [-0.39, 0.29) is 29.8 Å². The second-order valence-corrected chi connectivity index (χ2v) is 7.06. The summed E-state index contributed by atoms with van der Waals surface area (Å²) >= 11 is 0. The Hall–Kier alpha value is -0.620. The Bertz CT molecular complexity index is 341. The molecule has 0 radical (unpaired) electrons. The van der Waals surface area contributed by atoms with Gasteiger partial charge in [0.15, 0.2) is 9.84 Å². The van der Waals surface area contributed by atoms with Crippen LogP contribution in [0.1, 0.15) is 33.1 Å². The van der Waals surface area contributed by atoms with Crippen molar-refractivity contribution < 1.29 is 13.2 Å². The van der Waals surface area contributed by atoms with Gasteiger partial charge in [-0.25, -0.2) is 8.42 Å². The Morgan fingerprint density at radius 3 is 2.50 bits per heavy atom. The van der Waals surface area contributed by atoms with E-state index in [0.717, 1.165) is 12.8 Å². The van der Waals surface area contributed by atoms with Gasteiger partial charge in [0.25, 0.3) is 0 Å². The van der Waals surface area contributed by atoms with E-state index < -0.39 is 9.84 Å². The SMILES string of the molecule is CCC(C)CS(=O)(=O)CCC(=O)N(C)CCCN. The van der Waals surface area contributed by atoms with Crippen molar-refractivity contribution in [1.82, 2.24) is 4.90 Å². The molecule has 0 aliphatic carbocycles. The van der Waals surface area contributed by atoms with Crippen LogP contribution in [0.25, 0.3) is 0 Å². The summed E-state index contributed by atoms with van der Waals surface area (Å²) in [5.41, 5.74) is 5.36. The van der Waals surface area contributed by atoms with Crippen LogP contribution in [0.5, 0.6) is 0 Å². The average molecular weight is 278 g/mol. The molecule has 18 heavy (non-hydrogen) atoms. The second kappa shape index (κ2) is 8.48. The first-order valence-electron chi connectivity index (χ1n) is 6.46. The van der Waals surface area contributed by atoms with Gasteiger partial charge >= 0.3 is 0 Å². The molecule has 0 saturated heterocycles. The molecule has 0 saturated carbocycles. The highest BCUT2D eigenvalue weighted by molar-refractivity contribution is 7.91. The number of carbonyl (C=O) groups is 1. The maximum atomic E-state index is 11.8. The third-order valence-corrected chi connectivity index (χ3v) is 4.89. The Balaban J connectivity index is 4.11. The lowest BCUT2D eigenvalue weighted by molar-refractivity contribution is -0.129. The molecule has 6 heteroatoms. The number of amides is 1. The standard InChI is InChI=1S/C12H26N2O3S/c1-4-11(2)10-18(16,17)9-6-12(15)14(3)8-5-7-13/h11H,4-10,13H2,1-3H3. The molecule has 0 aliphatic heterocycles. The zero-order chi connectivity index (χ0) is 14.2. The molecule has 108 valence electrons. The first kappa shape index (κ1) is 17.4. The van der Waals surface area contributed by atoms with Crippen molar-refractivity contribution in [3.8, 4) is 0 Å². The van der Waals surface area contributed by atoms with E-state index in [9.17, 15) is 13.2 Å². The van der Waals surface area contributed by atoms with Crippen molar-refractivity contribution in [2.24, 2.45) is 11.7 Å². The summed E-state index contributed by atoms with van der Waals surface area (Å²) in [6, 6.07) is 0. The molecule has 0 aromatic heterocycles. The van der Waals surface area contributed by atoms with E-state index in [0.29, 0.717) is 13.1 Å². The average Bonchev–Trinajstić information content (AvgIpc) is 2.32. The van der Waals surface area contributed by atoms with Crippen LogP contribution in [0.3, 0.4) is 0 Å². The molecule has 0 aliphatic rings. The summed E-state index contributed by atoms with van der Waals surface area (Å²) in [5, 5.41) is 0. The predicted octanol–water partition coefficient (Wildman–Crippen LogP) is 0.645. The molecule has 0 aromatic rings. The molecule has 5 nitrogen and oxygen atoms in total. The van der Waals surface area contributed by atoms with Crippen molar-refractivity contribution in [2.45, 2.75) is 33.1 Å². The molecule has 1 atom stereocenters. The number of sulfone groups is 1. The molecule has 0 aromatic carbocycles. The largest absolute Gasteiger partial charge is 0.346 e. The first-order valence-corrected chi connectivity index (χ1v) is 8.29. The lowest BCUT2D eigenvalue weighted by Gasteiger charge is -2.17. The number of rotatable bonds is 9. The van der Waals surface area contributed by atoms with Crippen LogP contribution in [-0.4, -0.2) is 50.9 Å². The smallest absolute Gasteiger partial charge is 0.223 e. The van der Waals surface area contributed by atoms with Crippen molar-refractivity contribution >= 4 is 15.7 Å². The number of hydrogen-bond acceptors (Lipinski definition) is 4. The van der Waals surface area contributed by atoms with Gasteiger partial charge in [-0.3, -0.25) is 4.79 Å². The molecule has 0 rings (SSSR count). The van der Waals surface area contributed by atoms with E-state index in [2.05, 4.69) is 0 Å². The maximum Gasteiger partial charge on any atom is 0.223 e. The Morgan fingerprint density at radius 2 is 2.00 bits per heavy atom. The Morgan fingerprint density at radius 1 is 1.39 bits per heavy atom. The predicted molar refractivity (Wildman–Crippen MR) is 74.0 cm³/mol. The Kier molecular flexibility index (Phi) is 8.18. The van der Waals surface area contributed by atoms with Crippen molar-refractivity contribution in [3.05, 3.63) is 0 Å². The minimum atomic E-state index is -3.11. The van der Waals surface area contributed by atoms with Gasteiger partial charge in [0, 0.05) is 20.0 Å². The van der Waals surface area contributed by atoms with Crippen LogP contribution >= 0.6 is 0 Å². The van der Waals surface area contributed by atoms with Crippen LogP contribution in [0, 0.1) is 5.92 Å². The van der Waals surface area contributed by atoms with Gasteiger partial charge in [-0.1, -0.05) is 20.3 Å². The van der Waals surface area contributed by atoms with Crippen LogP contribution in [-0.2, 0) is 14.6 Å². The fourth-order valence-electron chi connectivity index (χ4n) is 1.52. The monoisotopic (exact) mass is 278 g/mol. The molecule has 2 N–H and O–H groups in total. The van der Waals surface area contributed by atoms with Gasteiger partial charge in [-0.2, -0.15) is 0 Å². The molecule has 0 bridgehead atoms. The van der Waals surface area contributed by atoms with Crippen molar-refractivity contribution in [3.63, 3.8) is 0 Å². The first-order chi connectivity index (χ1) is 8.32. The van der Waals surface area contributed by atoms with Crippen molar-refractivity contribution in [2.75, 3.05) is 31.6 Å². The van der Waals surface area contributed by atoms with Crippen LogP contribution in [0.15, 0.2) is 0 Å². The van der Waals surface area contributed by atoms with Crippen LogP contribution in [0.4, 0.5) is 0 Å². The zero-order valence-electron chi connectivity index (χ0n) is 11.7. The quantitative estimate of drug-likeness (QED) is 0.671. The van der Waals surface area contributed by atoms with Crippen LogP contribution < -0.4 is 5.73 Å². The maximum absolute atomic E-state index is 11.8. The lowest BCUT2D eigenvalue weighted by atomic mass is 10.2. The molecule has 0 spiro atoms. The topological polar surface area (TPSA) is 80.5 Å². The van der Waals surface area contributed by atoms with Gasteiger partial charge < -0.3 is 10.6 Å². The summed E-state index contributed by atoms with van der Waals surface area (Å²) in [5.74, 6) is 0.142. The minimum Gasteiger partial charge on any atom is -0.346 e. The summed E-state index contributed by atoms with van der Waals surface area (Å²) in [6.45, 7) is 4.99. The molecule has 1 unspecified atom stereocenters. The van der Waals surface area contributed by atoms with Crippen LogP contribution in [0.2, 0.25) is 0 Å². The highest BCUT2D eigenvalue weighted by Crippen LogP contribution is 2.07. The molecule has 1 amide bonds. The van der Waals surface area contributed by atoms with Gasteiger partial charge in [0.1, 0.15) is 0 Å². The molecule has 0 heterocycles. The summed E-state index contributed by atoms with van der Waals surface area (Å²) in [7, 11) is -1.43. The third kappa shape index (κ3) is 7.66. The third-order valence-electron chi connectivity index (χ3n) is 2.99. The van der Waals surface area contributed by atoms with E-state index in [4.69, 9.17) is 5.73 Å². The molecular weight excluding hydrogens is 252 g/mol. The molecule has 0 fully saturated rings. The fraction of sp³-hybridized carbons (Fsp3) is 0.917. The van der Waals surface area contributed by atoms with Gasteiger partial charge in [0.2, 0.25) is 5.91 Å². The summed E-state index contributed by atoms with van der Waals surface area (Å²) in [6.07, 6.45) is 1.64. The number of nitrogens with two attached hydrogens (primary N) is 1. The summed E-state index contributed by atoms with van der Waals surface area (Å²) < 4.78 is 23.5. The van der Waals surface area contributed by atoms with E-state index in [1.807, 2.05) is 13.8 Å². The van der Waals surface area contributed by atoms with E-state index in [1.54, 1.807) is 11.9 Å². The number of hydrogen-bond donors (Lipinski definition) is 1. The normalized spacial score (nSPS) is 13.3. The number of carbonyl (C=O) groups excluding carboxylic acids is 1. The second-order valence-electron chi connectivity index (χ2n) is 4.84. The van der Waals surface area contributed by atoms with E-state index >= 15 is 0 Å². The van der Waals surface area contributed by atoms with Gasteiger partial charge in [-0.15, -0.1) is 0 Å². The fourth-order valence-corrected chi connectivity index (χ4v) is 3.28. The Labute approximate surface area is 111 Å². The minimum absolute atomic E-state index is 0.0524. The highest BCUT2D eigenvalue weighted by atomic mass is 32.2. The summed E-state index contributed by atoms with van der Waals surface area (Å²) in [4.78, 5) is 13.2. The molecular formula is C12H26N2O3S. The zero-order valence-corrected chi connectivity index (χ0v) is 12.5. The van der Waals surface area contributed by atoms with Gasteiger partial charge in [-0.05, 0) is 18.9 Å². The van der Waals surface area contributed by atoms with Gasteiger partial charge in [0.05, 0.1) is 11.5 Å². The van der Waals surface area contributed by atoms with Crippen molar-refractivity contribution in [1.29, 1.82) is 0 Å². The highest BCUT2D eigenvalue weighted by Gasteiger charge is 2.18.